The van der Waals surface area contributed by atoms with Gasteiger partial charge in [-0.3, -0.25) is 0 Å². The van der Waals surface area contributed by atoms with Crippen molar-refractivity contribution in [1.29, 1.82) is 0 Å². The molecule has 1 aliphatic rings. The number of rotatable bonds is 2. The van der Waals surface area contributed by atoms with Crippen LogP contribution in [0.2, 0.25) is 0 Å². The van der Waals surface area contributed by atoms with E-state index in [1.165, 1.54) is 12.8 Å². The van der Waals surface area contributed by atoms with E-state index >= 15 is 0 Å². The summed E-state index contributed by atoms with van der Waals surface area (Å²) in [6.45, 7) is 2.03. The molecular formula is C13H21N3. The van der Waals surface area contributed by atoms with E-state index in [0.717, 1.165) is 29.8 Å². The molecule has 0 saturated heterocycles. The zero-order valence-electron chi connectivity index (χ0n) is 9.87. The molecule has 1 aromatic carbocycles. The van der Waals surface area contributed by atoms with Crippen LogP contribution in [0, 0.1) is 6.92 Å². The molecule has 88 valence electrons. The molecule has 2 atom stereocenters. The molecule has 16 heavy (non-hydrogen) atoms. The van der Waals surface area contributed by atoms with Gasteiger partial charge in [-0.25, -0.2) is 0 Å². The van der Waals surface area contributed by atoms with Crippen molar-refractivity contribution in [2.45, 2.75) is 44.7 Å². The molecule has 2 rings (SSSR count). The number of nitrogen functional groups attached to an aromatic ring is 1. The fourth-order valence-electron chi connectivity index (χ4n) is 2.35. The summed E-state index contributed by atoms with van der Waals surface area (Å²) in [6, 6.07) is 6.72. The molecule has 0 bridgehead atoms. The molecular weight excluding hydrogens is 198 g/mol. The second kappa shape index (κ2) is 4.74. The Morgan fingerprint density at radius 1 is 1.25 bits per heavy atom. The van der Waals surface area contributed by atoms with Gasteiger partial charge in [0.15, 0.2) is 0 Å². The van der Waals surface area contributed by atoms with Crippen molar-refractivity contribution < 1.29 is 0 Å². The normalized spacial score (nSPS) is 25.4. The maximum absolute atomic E-state index is 6.11. The number of nitrogens with two attached hydrogens (primary N) is 2. The summed E-state index contributed by atoms with van der Waals surface area (Å²) >= 11 is 0. The van der Waals surface area contributed by atoms with E-state index in [4.69, 9.17) is 11.5 Å². The molecule has 0 radical (unpaired) electrons. The first-order chi connectivity index (χ1) is 7.68. The van der Waals surface area contributed by atoms with Gasteiger partial charge in [0, 0.05) is 12.1 Å². The second-order valence-electron chi connectivity index (χ2n) is 4.74. The smallest absolute Gasteiger partial charge is 0.0579 e. The van der Waals surface area contributed by atoms with E-state index in [9.17, 15) is 0 Å². The monoisotopic (exact) mass is 219 g/mol. The Hall–Kier alpha value is -1.22. The molecule has 0 aliphatic heterocycles. The molecule has 2 unspecified atom stereocenters. The number of anilines is 2. The van der Waals surface area contributed by atoms with Gasteiger partial charge >= 0.3 is 0 Å². The van der Waals surface area contributed by atoms with Crippen LogP contribution < -0.4 is 16.8 Å². The third-order valence-electron chi connectivity index (χ3n) is 3.48. The first-order valence-electron chi connectivity index (χ1n) is 6.05. The molecule has 0 aromatic heterocycles. The minimum atomic E-state index is 0.258. The van der Waals surface area contributed by atoms with Gasteiger partial charge in [-0.15, -0.1) is 0 Å². The van der Waals surface area contributed by atoms with Crippen LogP contribution >= 0.6 is 0 Å². The largest absolute Gasteiger partial charge is 0.397 e. The quantitative estimate of drug-likeness (QED) is 0.668. The Labute approximate surface area is 97.2 Å². The van der Waals surface area contributed by atoms with Crippen molar-refractivity contribution in [3.63, 3.8) is 0 Å². The second-order valence-corrected chi connectivity index (χ2v) is 4.74. The highest BCUT2D eigenvalue weighted by atomic mass is 15.0. The van der Waals surface area contributed by atoms with Crippen molar-refractivity contribution in [3.8, 4) is 0 Å². The van der Waals surface area contributed by atoms with E-state index < -0.39 is 0 Å². The van der Waals surface area contributed by atoms with Crippen molar-refractivity contribution >= 4 is 11.4 Å². The molecule has 3 heteroatoms. The van der Waals surface area contributed by atoms with Crippen molar-refractivity contribution in [2.24, 2.45) is 5.73 Å². The van der Waals surface area contributed by atoms with Gasteiger partial charge in [0.2, 0.25) is 0 Å². The number of para-hydroxylation sites is 1. The molecule has 0 heterocycles. The minimum absolute atomic E-state index is 0.258. The molecule has 3 nitrogen and oxygen atoms in total. The topological polar surface area (TPSA) is 64.1 Å². The maximum atomic E-state index is 6.11. The van der Waals surface area contributed by atoms with Crippen molar-refractivity contribution in [3.05, 3.63) is 23.8 Å². The molecule has 1 fully saturated rings. The highest BCUT2D eigenvalue weighted by Crippen LogP contribution is 2.26. The van der Waals surface area contributed by atoms with Gasteiger partial charge in [0.25, 0.3) is 0 Å². The third kappa shape index (κ3) is 2.30. The van der Waals surface area contributed by atoms with Gasteiger partial charge in [0.05, 0.1) is 11.4 Å². The van der Waals surface area contributed by atoms with Crippen LogP contribution in [-0.4, -0.2) is 12.1 Å². The van der Waals surface area contributed by atoms with E-state index in [1.807, 2.05) is 25.1 Å². The van der Waals surface area contributed by atoms with E-state index in [1.54, 1.807) is 0 Å². The summed E-state index contributed by atoms with van der Waals surface area (Å²) in [5, 5.41) is 3.49. The van der Waals surface area contributed by atoms with Gasteiger partial charge in [-0.05, 0) is 31.4 Å². The number of benzene rings is 1. The van der Waals surface area contributed by atoms with Crippen LogP contribution in [0.25, 0.3) is 0 Å². The highest BCUT2D eigenvalue weighted by molar-refractivity contribution is 5.69. The van der Waals surface area contributed by atoms with Crippen LogP contribution in [0.1, 0.15) is 31.2 Å². The molecule has 1 saturated carbocycles. The number of nitrogens with one attached hydrogen (secondary N) is 1. The summed E-state index contributed by atoms with van der Waals surface area (Å²) in [7, 11) is 0. The SMILES string of the molecule is Cc1cccc(NC2CCCCC2N)c1N. The van der Waals surface area contributed by atoms with Gasteiger partial charge in [-0.2, -0.15) is 0 Å². The fourth-order valence-corrected chi connectivity index (χ4v) is 2.35. The molecule has 0 spiro atoms. The van der Waals surface area contributed by atoms with Gasteiger partial charge < -0.3 is 16.8 Å². The van der Waals surface area contributed by atoms with Gasteiger partial charge in [-0.1, -0.05) is 25.0 Å². The Morgan fingerprint density at radius 3 is 2.75 bits per heavy atom. The minimum Gasteiger partial charge on any atom is -0.397 e. The highest BCUT2D eigenvalue weighted by Gasteiger charge is 2.21. The summed E-state index contributed by atoms with van der Waals surface area (Å²) in [5.41, 5.74) is 15.2. The first kappa shape index (κ1) is 11.3. The molecule has 1 aliphatic carbocycles. The number of aryl methyl sites for hydroxylation is 1. The Morgan fingerprint density at radius 2 is 2.00 bits per heavy atom. The number of hydrogen-bond donors (Lipinski definition) is 3. The van der Waals surface area contributed by atoms with Crippen LogP contribution in [0.4, 0.5) is 11.4 Å². The van der Waals surface area contributed by atoms with E-state index in [0.29, 0.717) is 6.04 Å². The van der Waals surface area contributed by atoms with Crippen LogP contribution in [-0.2, 0) is 0 Å². The average molecular weight is 219 g/mol. The van der Waals surface area contributed by atoms with E-state index in [2.05, 4.69) is 5.32 Å². The van der Waals surface area contributed by atoms with Crippen molar-refractivity contribution in [1.82, 2.24) is 0 Å². The Bertz CT molecular complexity index is 362. The van der Waals surface area contributed by atoms with E-state index in [-0.39, 0.29) is 6.04 Å². The Kier molecular flexibility index (Phi) is 3.34. The third-order valence-corrected chi connectivity index (χ3v) is 3.48. The van der Waals surface area contributed by atoms with Crippen LogP contribution in [0.15, 0.2) is 18.2 Å². The predicted octanol–water partition coefficient (Wildman–Crippen LogP) is 2.26. The number of hydrogen-bond acceptors (Lipinski definition) is 3. The average Bonchev–Trinajstić information content (AvgIpc) is 2.28. The lowest BCUT2D eigenvalue weighted by molar-refractivity contribution is 0.404. The fraction of sp³-hybridized carbons (Fsp3) is 0.538. The summed E-state index contributed by atoms with van der Waals surface area (Å²) in [4.78, 5) is 0. The maximum Gasteiger partial charge on any atom is 0.0579 e. The summed E-state index contributed by atoms with van der Waals surface area (Å²) in [5.74, 6) is 0. The standard InChI is InChI=1S/C13H21N3/c1-9-5-4-8-12(13(9)15)16-11-7-3-2-6-10(11)14/h4-5,8,10-11,16H,2-3,6-7,14-15H2,1H3. The Balaban J connectivity index is 2.10. The van der Waals surface area contributed by atoms with Crippen LogP contribution in [0.3, 0.4) is 0 Å². The molecule has 5 N–H and O–H groups in total. The van der Waals surface area contributed by atoms with Gasteiger partial charge in [0.1, 0.15) is 0 Å². The zero-order chi connectivity index (χ0) is 11.5. The molecule has 1 aromatic rings. The summed E-state index contributed by atoms with van der Waals surface area (Å²) in [6.07, 6.45) is 4.78. The summed E-state index contributed by atoms with van der Waals surface area (Å²) < 4.78 is 0. The lowest BCUT2D eigenvalue weighted by Gasteiger charge is -2.30. The molecule has 0 amide bonds. The predicted molar refractivity (Wildman–Crippen MR) is 69.4 cm³/mol. The zero-order valence-corrected chi connectivity index (χ0v) is 9.87. The lowest BCUT2D eigenvalue weighted by Crippen LogP contribution is -2.42. The van der Waals surface area contributed by atoms with Crippen molar-refractivity contribution in [2.75, 3.05) is 11.1 Å². The first-order valence-corrected chi connectivity index (χ1v) is 6.05. The van der Waals surface area contributed by atoms with Crippen LogP contribution in [0.5, 0.6) is 0 Å². The lowest BCUT2D eigenvalue weighted by atomic mass is 9.91.